The summed E-state index contributed by atoms with van der Waals surface area (Å²) >= 11 is 0. The number of hydrogen-bond acceptors (Lipinski definition) is 1. The van der Waals surface area contributed by atoms with E-state index in [0.29, 0.717) is 0 Å². The smallest absolute Gasteiger partial charge is 0.00911 e. The van der Waals surface area contributed by atoms with Gasteiger partial charge in [-0.25, -0.2) is 0 Å². The fourth-order valence-electron chi connectivity index (χ4n) is 1.55. The van der Waals surface area contributed by atoms with Gasteiger partial charge in [0.1, 0.15) is 0 Å². The molecule has 1 aromatic carbocycles. The maximum atomic E-state index is 3.29. The molecule has 0 aromatic heterocycles. The highest BCUT2D eigenvalue weighted by Crippen LogP contribution is 2.22. The molecule has 1 heterocycles. The van der Waals surface area contributed by atoms with E-state index in [4.69, 9.17) is 0 Å². The number of aryl methyl sites for hydroxylation is 1. The van der Waals surface area contributed by atoms with Gasteiger partial charge in [0.15, 0.2) is 0 Å². The maximum Gasteiger partial charge on any atom is 0.00911 e. The lowest BCUT2D eigenvalue weighted by Crippen LogP contribution is -2.40. The summed E-state index contributed by atoms with van der Waals surface area (Å²) < 4.78 is 0. The minimum atomic E-state index is 0. The van der Waals surface area contributed by atoms with E-state index >= 15 is 0 Å². The van der Waals surface area contributed by atoms with Gasteiger partial charge in [-0.1, -0.05) is 24.3 Å². The maximum absolute atomic E-state index is 3.29. The first-order valence-electron chi connectivity index (χ1n) is 4.14. The van der Waals surface area contributed by atoms with E-state index in [1.165, 1.54) is 11.1 Å². The minimum absolute atomic E-state index is 0. The van der Waals surface area contributed by atoms with Crippen LogP contribution in [0.25, 0.3) is 0 Å². The number of nitrogens with one attached hydrogen (secondary N) is 1. The lowest BCUT2D eigenvalue weighted by atomic mass is 9.90. The molecule has 0 aliphatic carbocycles. The van der Waals surface area contributed by atoms with Crippen molar-refractivity contribution < 1.29 is 0 Å². The Bertz CT molecular complexity index is 256. The zero-order chi connectivity index (χ0) is 7.68. The SMILES string of the molecule is Cc1ccccc1C1CNC1.Cl. The number of rotatable bonds is 1. The Morgan fingerprint density at radius 2 is 1.92 bits per heavy atom. The molecule has 1 fully saturated rings. The van der Waals surface area contributed by atoms with Crippen LogP contribution in [0.5, 0.6) is 0 Å². The van der Waals surface area contributed by atoms with E-state index in [1.54, 1.807) is 0 Å². The molecule has 1 N–H and O–H groups in total. The molecule has 0 atom stereocenters. The van der Waals surface area contributed by atoms with E-state index in [2.05, 4.69) is 36.5 Å². The molecule has 0 bridgehead atoms. The molecule has 1 nitrogen and oxygen atoms in total. The normalized spacial score (nSPS) is 16.4. The van der Waals surface area contributed by atoms with E-state index in [9.17, 15) is 0 Å². The molecule has 0 saturated carbocycles. The van der Waals surface area contributed by atoms with Crippen LogP contribution in [0.2, 0.25) is 0 Å². The highest BCUT2D eigenvalue weighted by atomic mass is 35.5. The summed E-state index contributed by atoms with van der Waals surface area (Å²) in [5, 5.41) is 3.29. The predicted octanol–water partition coefficient (Wildman–Crippen LogP) is 2.10. The molecular weight excluding hydrogens is 170 g/mol. The first kappa shape index (κ1) is 9.56. The van der Waals surface area contributed by atoms with Gasteiger partial charge >= 0.3 is 0 Å². The summed E-state index contributed by atoms with van der Waals surface area (Å²) in [5.74, 6) is 0.774. The van der Waals surface area contributed by atoms with Gasteiger partial charge in [-0.15, -0.1) is 12.4 Å². The zero-order valence-corrected chi connectivity index (χ0v) is 8.03. The Kier molecular flexibility index (Phi) is 3.12. The van der Waals surface area contributed by atoms with Crippen molar-refractivity contribution >= 4 is 12.4 Å². The topological polar surface area (TPSA) is 12.0 Å². The van der Waals surface area contributed by atoms with Crippen molar-refractivity contribution in [2.45, 2.75) is 12.8 Å². The van der Waals surface area contributed by atoms with Crippen molar-refractivity contribution in [1.82, 2.24) is 5.32 Å². The molecule has 2 heteroatoms. The largest absolute Gasteiger partial charge is 0.315 e. The second-order valence-electron chi connectivity index (χ2n) is 3.21. The summed E-state index contributed by atoms with van der Waals surface area (Å²) in [7, 11) is 0. The molecule has 1 aromatic rings. The van der Waals surface area contributed by atoms with E-state index in [1.807, 2.05) is 0 Å². The number of halogens is 1. The van der Waals surface area contributed by atoms with Crippen molar-refractivity contribution in [3.63, 3.8) is 0 Å². The Morgan fingerprint density at radius 3 is 2.42 bits per heavy atom. The highest BCUT2D eigenvalue weighted by Gasteiger charge is 2.19. The zero-order valence-electron chi connectivity index (χ0n) is 7.21. The van der Waals surface area contributed by atoms with Crippen LogP contribution in [0.1, 0.15) is 17.0 Å². The van der Waals surface area contributed by atoms with Crippen molar-refractivity contribution in [3.8, 4) is 0 Å². The fraction of sp³-hybridized carbons (Fsp3) is 0.400. The third kappa shape index (κ3) is 1.62. The Labute approximate surface area is 79.6 Å². The Balaban J connectivity index is 0.000000720. The van der Waals surface area contributed by atoms with Gasteiger partial charge < -0.3 is 5.32 Å². The van der Waals surface area contributed by atoms with Gasteiger partial charge in [-0.3, -0.25) is 0 Å². The number of hydrogen-bond donors (Lipinski definition) is 1. The third-order valence-corrected chi connectivity index (χ3v) is 2.41. The summed E-state index contributed by atoms with van der Waals surface area (Å²) in [6.45, 7) is 4.50. The Morgan fingerprint density at radius 1 is 1.25 bits per heavy atom. The van der Waals surface area contributed by atoms with Gasteiger partial charge in [0.05, 0.1) is 0 Å². The van der Waals surface area contributed by atoms with Crippen LogP contribution in [0.4, 0.5) is 0 Å². The standard InChI is InChI=1S/C10H13N.ClH/c1-8-4-2-3-5-10(8)9-6-11-7-9;/h2-5,9,11H,6-7H2,1H3;1H. The van der Waals surface area contributed by atoms with Gasteiger partial charge in [0.2, 0.25) is 0 Å². The lowest BCUT2D eigenvalue weighted by Gasteiger charge is -2.28. The molecule has 1 aliphatic rings. The highest BCUT2D eigenvalue weighted by molar-refractivity contribution is 5.85. The summed E-state index contributed by atoms with van der Waals surface area (Å²) in [5.41, 5.74) is 2.95. The summed E-state index contributed by atoms with van der Waals surface area (Å²) in [6, 6.07) is 8.65. The minimum Gasteiger partial charge on any atom is -0.315 e. The van der Waals surface area contributed by atoms with Crippen LogP contribution in [-0.4, -0.2) is 13.1 Å². The van der Waals surface area contributed by atoms with Crippen LogP contribution >= 0.6 is 12.4 Å². The molecule has 1 aliphatic heterocycles. The monoisotopic (exact) mass is 183 g/mol. The van der Waals surface area contributed by atoms with E-state index in [-0.39, 0.29) is 12.4 Å². The molecule has 0 amide bonds. The molecule has 66 valence electrons. The first-order valence-corrected chi connectivity index (χ1v) is 4.14. The molecule has 2 rings (SSSR count). The van der Waals surface area contributed by atoms with Crippen molar-refractivity contribution in [2.75, 3.05) is 13.1 Å². The van der Waals surface area contributed by atoms with Crippen LogP contribution in [0, 0.1) is 6.92 Å². The van der Waals surface area contributed by atoms with Crippen molar-refractivity contribution in [2.24, 2.45) is 0 Å². The van der Waals surface area contributed by atoms with Crippen LogP contribution in [0.15, 0.2) is 24.3 Å². The molecular formula is C10H14ClN. The van der Waals surface area contributed by atoms with Crippen LogP contribution < -0.4 is 5.32 Å². The lowest BCUT2D eigenvalue weighted by molar-refractivity contribution is 0.447. The second-order valence-corrected chi connectivity index (χ2v) is 3.21. The molecule has 1 saturated heterocycles. The fourth-order valence-corrected chi connectivity index (χ4v) is 1.55. The molecule has 0 radical (unpaired) electrons. The van der Waals surface area contributed by atoms with Gasteiger partial charge in [-0.2, -0.15) is 0 Å². The van der Waals surface area contributed by atoms with Crippen LogP contribution in [0.3, 0.4) is 0 Å². The van der Waals surface area contributed by atoms with Crippen molar-refractivity contribution in [1.29, 1.82) is 0 Å². The van der Waals surface area contributed by atoms with Gasteiger partial charge in [-0.05, 0) is 18.1 Å². The Hall–Kier alpha value is -0.530. The predicted molar refractivity (Wildman–Crippen MR) is 54.0 cm³/mol. The van der Waals surface area contributed by atoms with Crippen LogP contribution in [-0.2, 0) is 0 Å². The van der Waals surface area contributed by atoms with E-state index in [0.717, 1.165) is 19.0 Å². The summed E-state index contributed by atoms with van der Waals surface area (Å²) in [6.07, 6.45) is 0. The first-order chi connectivity index (χ1) is 5.38. The quantitative estimate of drug-likeness (QED) is 0.703. The molecule has 12 heavy (non-hydrogen) atoms. The van der Waals surface area contributed by atoms with Gasteiger partial charge in [0, 0.05) is 19.0 Å². The summed E-state index contributed by atoms with van der Waals surface area (Å²) in [4.78, 5) is 0. The average molecular weight is 184 g/mol. The molecule has 0 spiro atoms. The third-order valence-electron chi connectivity index (χ3n) is 2.41. The van der Waals surface area contributed by atoms with Crippen molar-refractivity contribution in [3.05, 3.63) is 35.4 Å². The average Bonchev–Trinajstić information content (AvgIpc) is 1.90. The second kappa shape index (κ2) is 3.92. The van der Waals surface area contributed by atoms with Gasteiger partial charge in [0.25, 0.3) is 0 Å². The molecule has 0 unspecified atom stereocenters. The van der Waals surface area contributed by atoms with E-state index < -0.39 is 0 Å². The number of benzene rings is 1.